The summed E-state index contributed by atoms with van der Waals surface area (Å²) in [5.74, 6) is 0. The molecule has 0 fully saturated rings. The molecule has 2 rings (SSSR count). The summed E-state index contributed by atoms with van der Waals surface area (Å²) in [5.41, 5.74) is 2.85. The van der Waals surface area contributed by atoms with E-state index in [1.54, 1.807) is 0 Å². The smallest absolute Gasteiger partial charge is 0.232 e. The van der Waals surface area contributed by atoms with Gasteiger partial charge in [-0.25, -0.2) is 0 Å². The molecular formula is C13H13ClO. The summed E-state index contributed by atoms with van der Waals surface area (Å²) in [6, 6.07) is 7.97. The van der Waals surface area contributed by atoms with Crippen LogP contribution in [0.15, 0.2) is 30.3 Å². The summed E-state index contributed by atoms with van der Waals surface area (Å²) in [6.45, 7) is 3.97. The molecule has 0 spiro atoms. The third-order valence-electron chi connectivity index (χ3n) is 3.20. The van der Waals surface area contributed by atoms with E-state index < -0.39 is 5.41 Å². The maximum Gasteiger partial charge on any atom is 0.232 e. The molecular weight excluding hydrogens is 208 g/mol. The number of fused-ring (bicyclic) bond motifs is 1. The average molecular weight is 221 g/mol. The first-order chi connectivity index (χ1) is 7.05. The fourth-order valence-electron chi connectivity index (χ4n) is 2.07. The van der Waals surface area contributed by atoms with Crippen LogP contribution in [0.2, 0.25) is 0 Å². The number of carbonyl (C=O) groups is 1. The minimum atomic E-state index is -0.558. The number of allylic oxidation sites excluding steroid dienone is 2. The van der Waals surface area contributed by atoms with Crippen molar-refractivity contribution in [2.75, 3.05) is 0 Å². The van der Waals surface area contributed by atoms with E-state index >= 15 is 0 Å². The van der Waals surface area contributed by atoms with E-state index in [-0.39, 0.29) is 5.24 Å². The molecule has 1 aliphatic carbocycles. The standard InChI is InChI=1S/C13H13ClO/c1-9-7-8-13(2,12(14)15)11-6-4-3-5-10(9)11/h3-7H,8H2,1-2H3/t13-/m1/s1. The van der Waals surface area contributed by atoms with Gasteiger partial charge >= 0.3 is 0 Å². The average Bonchev–Trinajstić information content (AvgIpc) is 2.24. The molecule has 0 heterocycles. The molecule has 0 radical (unpaired) electrons. The van der Waals surface area contributed by atoms with Crippen molar-refractivity contribution >= 4 is 22.4 Å². The van der Waals surface area contributed by atoms with E-state index in [9.17, 15) is 4.79 Å². The molecule has 0 amide bonds. The topological polar surface area (TPSA) is 17.1 Å². The maximum atomic E-state index is 11.5. The molecule has 2 heteroatoms. The van der Waals surface area contributed by atoms with Gasteiger partial charge < -0.3 is 0 Å². The summed E-state index contributed by atoms with van der Waals surface area (Å²) >= 11 is 5.71. The lowest BCUT2D eigenvalue weighted by Gasteiger charge is -2.31. The summed E-state index contributed by atoms with van der Waals surface area (Å²) in [6.07, 6.45) is 2.78. The lowest BCUT2D eigenvalue weighted by molar-refractivity contribution is -0.116. The lowest BCUT2D eigenvalue weighted by atomic mass is 9.73. The van der Waals surface area contributed by atoms with E-state index in [1.165, 1.54) is 5.57 Å². The molecule has 0 unspecified atom stereocenters. The van der Waals surface area contributed by atoms with Crippen LogP contribution in [0.5, 0.6) is 0 Å². The van der Waals surface area contributed by atoms with Gasteiger partial charge in [-0.1, -0.05) is 30.3 Å². The van der Waals surface area contributed by atoms with Gasteiger partial charge in [-0.3, -0.25) is 4.79 Å². The minimum Gasteiger partial charge on any atom is -0.280 e. The van der Waals surface area contributed by atoms with E-state index in [0.29, 0.717) is 6.42 Å². The lowest BCUT2D eigenvalue weighted by Crippen LogP contribution is -2.31. The Kier molecular flexibility index (Phi) is 2.43. The molecule has 1 aliphatic rings. The van der Waals surface area contributed by atoms with E-state index in [0.717, 1.165) is 11.1 Å². The van der Waals surface area contributed by atoms with Gasteiger partial charge in [-0.05, 0) is 48.6 Å². The molecule has 0 aromatic heterocycles. The molecule has 15 heavy (non-hydrogen) atoms. The molecule has 1 atom stereocenters. The number of benzene rings is 1. The first kappa shape index (κ1) is 10.4. The summed E-state index contributed by atoms with van der Waals surface area (Å²) < 4.78 is 0. The van der Waals surface area contributed by atoms with Crippen molar-refractivity contribution in [3.05, 3.63) is 41.5 Å². The molecule has 0 saturated heterocycles. The van der Waals surface area contributed by atoms with E-state index in [1.807, 2.05) is 31.2 Å². The molecule has 78 valence electrons. The summed E-state index contributed by atoms with van der Waals surface area (Å²) in [7, 11) is 0. The van der Waals surface area contributed by atoms with Crippen LogP contribution in [-0.2, 0) is 10.2 Å². The van der Waals surface area contributed by atoms with E-state index in [4.69, 9.17) is 11.6 Å². The highest BCUT2D eigenvalue weighted by molar-refractivity contribution is 6.65. The number of hydrogen-bond acceptors (Lipinski definition) is 1. The van der Waals surface area contributed by atoms with E-state index in [2.05, 4.69) is 13.0 Å². The van der Waals surface area contributed by atoms with Crippen LogP contribution < -0.4 is 0 Å². The number of carbonyl (C=O) groups excluding carboxylic acids is 1. The SMILES string of the molecule is CC1=CC[C@@](C)(C(=O)Cl)c2ccccc21. The van der Waals surface area contributed by atoms with Crippen LogP contribution >= 0.6 is 11.6 Å². The highest BCUT2D eigenvalue weighted by atomic mass is 35.5. The van der Waals surface area contributed by atoms with Crippen LogP contribution in [-0.4, -0.2) is 5.24 Å². The van der Waals surface area contributed by atoms with Gasteiger partial charge in [0, 0.05) is 0 Å². The normalized spacial score (nSPS) is 24.3. The van der Waals surface area contributed by atoms with Crippen molar-refractivity contribution in [3.8, 4) is 0 Å². The van der Waals surface area contributed by atoms with Crippen molar-refractivity contribution in [3.63, 3.8) is 0 Å². The molecule has 1 aromatic rings. The Labute approximate surface area is 94.8 Å². The Morgan fingerprint density at radius 2 is 2.07 bits per heavy atom. The van der Waals surface area contributed by atoms with Crippen LogP contribution in [0.3, 0.4) is 0 Å². The highest BCUT2D eigenvalue weighted by Crippen LogP contribution is 2.40. The minimum absolute atomic E-state index is 0.279. The first-order valence-electron chi connectivity index (χ1n) is 5.02. The third kappa shape index (κ3) is 1.51. The Morgan fingerprint density at radius 1 is 1.40 bits per heavy atom. The largest absolute Gasteiger partial charge is 0.280 e. The summed E-state index contributed by atoms with van der Waals surface area (Å²) in [5, 5.41) is -0.279. The molecule has 1 aromatic carbocycles. The van der Waals surface area contributed by atoms with Gasteiger partial charge in [-0.15, -0.1) is 0 Å². The van der Waals surface area contributed by atoms with Crippen LogP contribution in [0.4, 0.5) is 0 Å². The highest BCUT2D eigenvalue weighted by Gasteiger charge is 2.36. The fourth-order valence-corrected chi connectivity index (χ4v) is 2.25. The van der Waals surface area contributed by atoms with Crippen molar-refractivity contribution in [1.29, 1.82) is 0 Å². The predicted molar refractivity (Wildman–Crippen MR) is 62.9 cm³/mol. The third-order valence-corrected chi connectivity index (χ3v) is 3.61. The van der Waals surface area contributed by atoms with Crippen LogP contribution in [0, 0.1) is 0 Å². The second kappa shape index (κ2) is 3.49. The predicted octanol–water partition coefficient (Wildman–Crippen LogP) is 3.52. The fraction of sp³-hybridized carbons (Fsp3) is 0.308. The van der Waals surface area contributed by atoms with Gasteiger partial charge in [0.05, 0.1) is 5.41 Å². The zero-order chi connectivity index (χ0) is 11.1. The van der Waals surface area contributed by atoms with Crippen molar-refractivity contribution in [2.45, 2.75) is 25.7 Å². The number of hydrogen-bond donors (Lipinski definition) is 0. The van der Waals surface area contributed by atoms with Gasteiger partial charge in [0.25, 0.3) is 0 Å². The van der Waals surface area contributed by atoms with Gasteiger partial charge in [0.1, 0.15) is 0 Å². The molecule has 1 nitrogen and oxygen atoms in total. The Bertz CT molecular complexity index is 448. The molecule has 0 saturated carbocycles. The van der Waals surface area contributed by atoms with Crippen molar-refractivity contribution in [1.82, 2.24) is 0 Å². The zero-order valence-corrected chi connectivity index (χ0v) is 9.64. The second-order valence-corrected chi connectivity index (χ2v) is 4.59. The van der Waals surface area contributed by atoms with Gasteiger partial charge in [0.2, 0.25) is 5.24 Å². The number of halogens is 1. The first-order valence-corrected chi connectivity index (χ1v) is 5.40. The summed E-state index contributed by atoms with van der Waals surface area (Å²) in [4.78, 5) is 11.5. The Hall–Kier alpha value is -1.08. The maximum absolute atomic E-state index is 11.5. The van der Waals surface area contributed by atoms with Gasteiger partial charge in [0.15, 0.2) is 0 Å². The molecule has 0 aliphatic heterocycles. The molecule has 0 bridgehead atoms. The van der Waals surface area contributed by atoms with Crippen LogP contribution in [0.25, 0.3) is 5.57 Å². The van der Waals surface area contributed by atoms with Crippen molar-refractivity contribution in [2.24, 2.45) is 0 Å². The number of rotatable bonds is 1. The molecule has 0 N–H and O–H groups in total. The van der Waals surface area contributed by atoms with Crippen LogP contribution in [0.1, 0.15) is 31.4 Å². The Morgan fingerprint density at radius 3 is 2.73 bits per heavy atom. The van der Waals surface area contributed by atoms with Crippen molar-refractivity contribution < 1.29 is 4.79 Å². The Balaban J connectivity index is 2.65. The second-order valence-electron chi connectivity index (χ2n) is 4.24. The quantitative estimate of drug-likeness (QED) is 0.662. The monoisotopic (exact) mass is 220 g/mol. The van der Waals surface area contributed by atoms with Gasteiger partial charge in [-0.2, -0.15) is 0 Å². The zero-order valence-electron chi connectivity index (χ0n) is 8.88.